The molecule has 1 radical (unpaired) electrons. The largest absolute Gasteiger partial charge is 0.192 e. The van der Waals surface area contributed by atoms with Crippen molar-refractivity contribution in [1.29, 1.82) is 5.26 Å². The van der Waals surface area contributed by atoms with Gasteiger partial charge in [-0.05, 0) is 35.2 Å². The standard InChI is InChI=1S/C10H6NS/c1-7-10-3-2-8(5-11)4-9(10)6-12-7/h2-4,6H,1H2. The van der Waals surface area contributed by atoms with Gasteiger partial charge in [0.1, 0.15) is 0 Å². The molecule has 0 aliphatic carbocycles. The van der Waals surface area contributed by atoms with Crippen molar-refractivity contribution in [2.75, 3.05) is 0 Å². The molecule has 12 heavy (non-hydrogen) atoms. The Morgan fingerprint density at radius 1 is 1.42 bits per heavy atom. The molecule has 0 unspecified atom stereocenters. The smallest absolute Gasteiger partial charge is 0.0991 e. The Balaban J connectivity index is 2.80. The number of hydrogen-bond acceptors (Lipinski definition) is 2. The molecule has 1 nitrogen and oxygen atoms in total. The predicted octanol–water partition coefficient (Wildman–Crippen LogP) is 2.96. The number of rotatable bonds is 0. The maximum Gasteiger partial charge on any atom is 0.0991 e. The van der Waals surface area contributed by atoms with E-state index in [0.29, 0.717) is 5.56 Å². The second-order valence-corrected chi connectivity index (χ2v) is 3.54. The van der Waals surface area contributed by atoms with E-state index >= 15 is 0 Å². The van der Waals surface area contributed by atoms with E-state index in [0.717, 1.165) is 15.6 Å². The third kappa shape index (κ3) is 0.992. The summed E-state index contributed by atoms with van der Waals surface area (Å²) in [5, 5.41) is 12.9. The second-order valence-electron chi connectivity index (χ2n) is 2.57. The summed E-state index contributed by atoms with van der Waals surface area (Å²) in [7, 11) is 0. The first-order valence-corrected chi connectivity index (χ1v) is 4.42. The summed E-state index contributed by atoms with van der Waals surface area (Å²) in [5.74, 6) is 0. The summed E-state index contributed by atoms with van der Waals surface area (Å²) in [5.41, 5.74) is 0.709. The Kier molecular flexibility index (Phi) is 1.60. The average Bonchev–Trinajstić information content (AvgIpc) is 2.47. The summed E-state index contributed by atoms with van der Waals surface area (Å²) in [6.45, 7) is 3.90. The quantitative estimate of drug-likeness (QED) is 0.599. The highest BCUT2D eigenvalue weighted by Gasteiger charge is 1.99. The first-order chi connectivity index (χ1) is 5.81. The van der Waals surface area contributed by atoms with Crippen molar-refractivity contribution >= 4 is 22.1 Å². The zero-order valence-electron chi connectivity index (χ0n) is 6.37. The Morgan fingerprint density at radius 3 is 3.00 bits per heavy atom. The minimum atomic E-state index is 0.709. The molecule has 2 heteroatoms. The van der Waals surface area contributed by atoms with E-state index < -0.39 is 0 Å². The van der Waals surface area contributed by atoms with Gasteiger partial charge in [-0.2, -0.15) is 5.26 Å². The first-order valence-electron chi connectivity index (χ1n) is 3.54. The van der Waals surface area contributed by atoms with Crippen molar-refractivity contribution in [2.24, 2.45) is 0 Å². The van der Waals surface area contributed by atoms with E-state index in [1.54, 1.807) is 11.3 Å². The van der Waals surface area contributed by atoms with E-state index in [-0.39, 0.29) is 0 Å². The van der Waals surface area contributed by atoms with Gasteiger partial charge in [-0.25, -0.2) is 0 Å². The van der Waals surface area contributed by atoms with Gasteiger partial charge in [0.2, 0.25) is 0 Å². The molecule has 57 valence electrons. The Morgan fingerprint density at radius 2 is 2.25 bits per heavy atom. The minimum Gasteiger partial charge on any atom is -0.192 e. The molecule has 0 aliphatic heterocycles. The molecule has 0 atom stereocenters. The maximum atomic E-state index is 8.64. The van der Waals surface area contributed by atoms with Crippen LogP contribution in [0.5, 0.6) is 0 Å². The Labute approximate surface area is 74.9 Å². The third-order valence-electron chi connectivity index (χ3n) is 1.81. The molecular weight excluding hydrogens is 166 g/mol. The molecule has 2 rings (SSSR count). The van der Waals surface area contributed by atoms with Crippen LogP contribution in [0.1, 0.15) is 10.4 Å². The van der Waals surface area contributed by atoms with E-state index in [4.69, 9.17) is 5.26 Å². The van der Waals surface area contributed by atoms with Crippen LogP contribution < -0.4 is 0 Å². The van der Waals surface area contributed by atoms with Crippen LogP contribution >= 0.6 is 11.3 Å². The zero-order chi connectivity index (χ0) is 8.55. The summed E-state index contributed by atoms with van der Waals surface area (Å²) < 4.78 is 0. The van der Waals surface area contributed by atoms with Crippen LogP contribution in [-0.2, 0) is 0 Å². The SMILES string of the molecule is [CH2]c1scc2cc(C#N)ccc12. The van der Waals surface area contributed by atoms with Crippen LogP contribution in [0.3, 0.4) is 0 Å². The molecule has 0 saturated heterocycles. The maximum absolute atomic E-state index is 8.64. The van der Waals surface area contributed by atoms with E-state index in [1.165, 1.54) is 0 Å². The van der Waals surface area contributed by atoms with Crippen molar-refractivity contribution in [2.45, 2.75) is 0 Å². The Hall–Kier alpha value is -1.33. The normalized spacial score (nSPS) is 10.0. The number of fused-ring (bicyclic) bond motifs is 1. The summed E-state index contributed by atoms with van der Waals surface area (Å²) in [6, 6.07) is 7.78. The fraction of sp³-hybridized carbons (Fsp3) is 0. The van der Waals surface area contributed by atoms with Gasteiger partial charge in [-0.3, -0.25) is 0 Å². The molecule has 0 aliphatic rings. The van der Waals surface area contributed by atoms with Crippen LogP contribution in [0, 0.1) is 18.3 Å². The van der Waals surface area contributed by atoms with Gasteiger partial charge in [0.15, 0.2) is 0 Å². The molecule has 0 spiro atoms. The Bertz CT molecular complexity index is 462. The lowest BCUT2D eigenvalue weighted by molar-refractivity contribution is 1.50. The highest BCUT2D eigenvalue weighted by molar-refractivity contribution is 7.11. The van der Waals surface area contributed by atoms with Crippen molar-refractivity contribution < 1.29 is 0 Å². The van der Waals surface area contributed by atoms with Gasteiger partial charge in [-0.1, -0.05) is 6.07 Å². The van der Waals surface area contributed by atoms with Crippen LogP contribution in [0.4, 0.5) is 0 Å². The molecule has 0 amide bonds. The number of benzene rings is 1. The van der Waals surface area contributed by atoms with E-state index in [9.17, 15) is 0 Å². The lowest BCUT2D eigenvalue weighted by Gasteiger charge is -1.90. The van der Waals surface area contributed by atoms with Crippen LogP contribution in [0.25, 0.3) is 10.8 Å². The third-order valence-corrected chi connectivity index (χ3v) is 2.69. The van der Waals surface area contributed by atoms with Gasteiger partial charge in [0.25, 0.3) is 0 Å². The monoisotopic (exact) mass is 172 g/mol. The summed E-state index contributed by atoms with van der Waals surface area (Å²) in [6.07, 6.45) is 0. The molecule has 0 bridgehead atoms. The fourth-order valence-electron chi connectivity index (χ4n) is 1.18. The predicted molar refractivity (Wildman–Crippen MR) is 51.0 cm³/mol. The van der Waals surface area contributed by atoms with Crippen molar-refractivity contribution in [1.82, 2.24) is 0 Å². The number of nitrogens with zero attached hydrogens (tertiary/aromatic N) is 1. The second kappa shape index (κ2) is 2.62. The minimum absolute atomic E-state index is 0.709. The highest BCUT2D eigenvalue weighted by atomic mass is 32.1. The van der Waals surface area contributed by atoms with Crippen LogP contribution in [0.15, 0.2) is 23.6 Å². The number of hydrogen-bond donors (Lipinski definition) is 0. The van der Waals surface area contributed by atoms with Crippen molar-refractivity contribution in [3.05, 3.63) is 40.9 Å². The topological polar surface area (TPSA) is 23.8 Å². The summed E-state index contributed by atoms with van der Waals surface area (Å²) in [4.78, 5) is 1.06. The summed E-state index contributed by atoms with van der Waals surface area (Å²) >= 11 is 1.62. The number of nitriles is 1. The molecule has 0 fully saturated rings. The van der Waals surface area contributed by atoms with Gasteiger partial charge in [0.05, 0.1) is 11.6 Å². The van der Waals surface area contributed by atoms with E-state index in [2.05, 4.69) is 13.0 Å². The molecule has 1 heterocycles. The van der Waals surface area contributed by atoms with Gasteiger partial charge < -0.3 is 0 Å². The molecule has 2 aromatic rings. The van der Waals surface area contributed by atoms with E-state index in [1.807, 2.05) is 23.6 Å². The average molecular weight is 172 g/mol. The lowest BCUT2D eigenvalue weighted by atomic mass is 10.1. The lowest BCUT2D eigenvalue weighted by Crippen LogP contribution is -1.72. The molecule has 0 N–H and O–H groups in total. The van der Waals surface area contributed by atoms with Gasteiger partial charge in [0, 0.05) is 4.88 Å². The molecule has 1 aromatic heterocycles. The van der Waals surface area contributed by atoms with Crippen LogP contribution in [-0.4, -0.2) is 0 Å². The fourth-order valence-corrected chi connectivity index (χ4v) is 1.96. The zero-order valence-corrected chi connectivity index (χ0v) is 7.19. The van der Waals surface area contributed by atoms with Crippen molar-refractivity contribution in [3.8, 4) is 6.07 Å². The van der Waals surface area contributed by atoms with Gasteiger partial charge in [-0.15, -0.1) is 11.3 Å². The number of thiophene rings is 1. The first kappa shape index (κ1) is 7.33. The van der Waals surface area contributed by atoms with Gasteiger partial charge >= 0.3 is 0 Å². The van der Waals surface area contributed by atoms with Crippen LogP contribution in [0.2, 0.25) is 0 Å². The molecule has 1 aromatic carbocycles. The van der Waals surface area contributed by atoms with Crippen molar-refractivity contribution in [3.63, 3.8) is 0 Å². The highest BCUT2D eigenvalue weighted by Crippen LogP contribution is 2.25. The molecular formula is C10H6NS. The molecule has 0 saturated carbocycles.